The molecule has 0 atom stereocenters. The highest BCUT2D eigenvalue weighted by Crippen LogP contribution is 2.35. The molecule has 0 bridgehead atoms. The summed E-state index contributed by atoms with van der Waals surface area (Å²) in [6, 6.07) is 16.7. The highest BCUT2D eigenvalue weighted by atomic mass is 19.1. The van der Waals surface area contributed by atoms with Gasteiger partial charge in [-0.3, -0.25) is 0 Å². The number of allylic oxidation sites excluding steroid dienone is 1. The van der Waals surface area contributed by atoms with Gasteiger partial charge in [0.2, 0.25) is 5.95 Å². The third-order valence-corrected chi connectivity index (χ3v) is 7.57. The lowest BCUT2D eigenvalue weighted by Crippen LogP contribution is -2.31. The quantitative estimate of drug-likeness (QED) is 0.337. The van der Waals surface area contributed by atoms with Crippen molar-refractivity contribution >= 4 is 0 Å². The summed E-state index contributed by atoms with van der Waals surface area (Å²) >= 11 is 0. The van der Waals surface area contributed by atoms with Crippen molar-refractivity contribution in [2.45, 2.75) is 65.3 Å². The summed E-state index contributed by atoms with van der Waals surface area (Å²) in [4.78, 5) is 4.26. The number of nitrogens with zero attached hydrogens (tertiary/aromatic N) is 5. The number of halogens is 1. The molecular weight excluding hydrogens is 451 g/mol. The van der Waals surface area contributed by atoms with Gasteiger partial charge in [-0.25, -0.2) is 5.10 Å². The molecule has 1 aliphatic carbocycles. The van der Waals surface area contributed by atoms with E-state index in [9.17, 15) is 0 Å². The van der Waals surface area contributed by atoms with E-state index in [4.69, 9.17) is 0 Å². The maximum Gasteiger partial charge on any atom is 0.210 e. The van der Waals surface area contributed by atoms with E-state index in [1.54, 1.807) is 0 Å². The second kappa shape index (κ2) is 11.2. The van der Waals surface area contributed by atoms with Crippen molar-refractivity contribution in [3.05, 3.63) is 65.7 Å². The Labute approximate surface area is 213 Å². The summed E-state index contributed by atoms with van der Waals surface area (Å²) in [5.41, 5.74) is 5.21. The van der Waals surface area contributed by atoms with Crippen LogP contribution >= 0.6 is 0 Å². The first kappa shape index (κ1) is 24.5. The normalized spacial score (nSPS) is 17.0. The molecule has 3 aromatic rings. The Balaban J connectivity index is 1.32. The van der Waals surface area contributed by atoms with Crippen LogP contribution in [0.1, 0.15) is 64.4 Å². The molecule has 1 saturated carbocycles. The third-order valence-electron chi connectivity index (χ3n) is 7.57. The van der Waals surface area contributed by atoms with E-state index in [0.29, 0.717) is 24.3 Å². The minimum atomic E-state index is 0.00689. The van der Waals surface area contributed by atoms with Crippen LogP contribution in [0.2, 0.25) is 0 Å². The highest BCUT2D eigenvalue weighted by molar-refractivity contribution is 5.80. The van der Waals surface area contributed by atoms with E-state index in [2.05, 4.69) is 69.7 Å². The summed E-state index contributed by atoms with van der Waals surface area (Å²) < 4.78 is 15.6. The smallest absolute Gasteiger partial charge is 0.210 e. The van der Waals surface area contributed by atoms with Gasteiger partial charge >= 0.3 is 0 Å². The molecule has 6 nitrogen and oxygen atoms in total. The van der Waals surface area contributed by atoms with Crippen LogP contribution in [0.4, 0.5) is 4.39 Å². The molecule has 5 rings (SSSR count). The van der Waals surface area contributed by atoms with Gasteiger partial charge in [-0.2, -0.15) is 4.39 Å². The van der Waals surface area contributed by atoms with Gasteiger partial charge in [0.25, 0.3) is 0 Å². The fourth-order valence-corrected chi connectivity index (χ4v) is 5.54. The number of rotatable bonds is 9. The predicted molar refractivity (Wildman–Crippen MR) is 141 cm³/mol. The first-order valence-electron chi connectivity index (χ1n) is 13.4. The lowest BCUT2D eigenvalue weighted by molar-refractivity contribution is 0.174. The van der Waals surface area contributed by atoms with Gasteiger partial charge in [0, 0.05) is 18.7 Å². The van der Waals surface area contributed by atoms with Crippen LogP contribution < -0.4 is 0 Å². The maximum atomic E-state index is 15.6. The zero-order chi connectivity index (χ0) is 24.9. The number of nitrogens with one attached hydrogen (secondary N) is 1. The van der Waals surface area contributed by atoms with Crippen LogP contribution in [0.25, 0.3) is 22.5 Å². The van der Waals surface area contributed by atoms with E-state index in [1.165, 1.54) is 37.7 Å². The number of aromatic amines is 1. The molecule has 7 heteroatoms. The number of hydrogen-bond donors (Lipinski definition) is 1. The predicted octanol–water partition coefficient (Wildman–Crippen LogP) is 6.76. The standard InChI is InChI=1S/C29H37FN6/c1-21(2)12-17-27-28(30)36(19-22-8-4-3-5-9-22)20-35(27)18-23-13-15-24(16-14-23)25-10-6-7-11-26(25)29-31-33-34-32-29/h6-7,10-11,13-16,21-22H,3-5,8-9,12,17-20H2,1-2H3,(H,31,32,33,34). The first-order valence-corrected chi connectivity index (χ1v) is 13.4. The van der Waals surface area contributed by atoms with E-state index < -0.39 is 0 Å². The van der Waals surface area contributed by atoms with Gasteiger partial charge in [-0.1, -0.05) is 81.6 Å². The van der Waals surface area contributed by atoms with Crippen molar-refractivity contribution in [1.82, 2.24) is 30.4 Å². The summed E-state index contributed by atoms with van der Waals surface area (Å²) in [6.07, 6.45) is 8.17. The van der Waals surface area contributed by atoms with Crippen LogP contribution in [-0.2, 0) is 6.54 Å². The van der Waals surface area contributed by atoms with Gasteiger partial charge in [0.1, 0.15) is 0 Å². The molecule has 0 amide bonds. The van der Waals surface area contributed by atoms with Gasteiger partial charge in [0.05, 0.1) is 12.4 Å². The zero-order valence-corrected chi connectivity index (χ0v) is 21.5. The molecule has 1 aliphatic heterocycles. The molecule has 190 valence electrons. The van der Waals surface area contributed by atoms with Gasteiger partial charge in [-0.05, 0) is 64.6 Å². The van der Waals surface area contributed by atoms with E-state index in [0.717, 1.165) is 48.3 Å². The monoisotopic (exact) mass is 488 g/mol. The minimum Gasteiger partial charge on any atom is -0.349 e. The molecule has 2 heterocycles. The lowest BCUT2D eigenvalue weighted by Gasteiger charge is -2.28. The van der Waals surface area contributed by atoms with Gasteiger partial charge in [-0.15, -0.1) is 5.10 Å². The third kappa shape index (κ3) is 5.61. The topological polar surface area (TPSA) is 60.9 Å². The van der Waals surface area contributed by atoms with Gasteiger partial charge < -0.3 is 9.80 Å². The average molecular weight is 489 g/mol. The molecule has 1 fully saturated rings. The largest absolute Gasteiger partial charge is 0.349 e. The van der Waals surface area contributed by atoms with Crippen LogP contribution in [0.15, 0.2) is 60.2 Å². The fourth-order valence-electron chi connectivity index (χ4n) is 5.54. The second-order valence-electron chi connectivity index (χ2n) is 10.7. The molecule has 0 spiro atoms. The molecule has 2 aliphatic rings. The number of tetrazole rings is 1. The lowest BCUT2D eigenvalue weighted by atomic mass is 9.89. The van der Waals surface area contributed by atoms with E-state index in [-0.39, 0.29) is 5.95 Å². The van der Waals surface area contributed by atoms with Crippen molar-refractivity contribution in [1.29, 1.82) is 0 Å². The highest BCUT2D eigenvalue weighted by Gasteiger charge is 2.31. The number of H-pyrrole nitrogens is 1. The van der Waals surface area contributed by atoms with E-state index in [1.807, 2.05) is 23.1 Å². The Morgan fingerprint density at radius 3 is 2.42 bits per heavy atom. The van der Waals surface area contributed by atoms with Crippen LogP contribution in [-0.4, -0.2) is 43.6 Å². The number of benzene rings is 2. The minimum absolute atomic E-state index is 0.00689. The summed E-state index contributed by atoms with van der Waals surface area (Å²) in [7, 11) is 0. The van der Waals surface area contributed by atoms with Crippen LogP contribution in [0.5, 0.6) is 0 Å². The first-order chi connectivity index (χ1) is 17.6. The van der Waals surface area contributed by atoms with Crippen LogP contribution in [0, 0.1) is 11.8 Å². The Hall–Kier alpha value is -3.22. The van der Waals surface area contributed by atoms with Gasteiger partial charge in [0.15, 0.2) is 5.82 Å². The molecular formula is C29H37FN6. The number of aromatic nitrogens is 4. The van der Waals surface area contributed by atoms with Crippen molar-refractivity contribution in [3.8, 4) is 22.5 Å². The molecule has 36 heavy (non-hydrogen) atoms. The van der Waals surface area contributed by atoms with E-state index >= 15 is 4.39 Å². The molecule has 2 aromatic carbocycles. The van der Waals surface area contributed by atoms with Crippen molar-refractivity contribution in [2.75, 3.05) is 13.2 Å². The molecule has 0 unspecified atom stereocenters. The fraction of sp³-hybridized carbons (Fsp3) is 0.483. The maximum absolute atomic E-state index is 15.6. The second-order valence-corrected chi connectivity index (χ2v) is 10.7. The van der Waals surface area contributed by atoms with Crippen molar-refractivity contribution < 1.29 is 4.39 Å². The zero-order valence-electron chi connectivity index (χ0n) is 21.5. The summed E-state index contributed by atoms with van der Waals surface area (Å²) in [5, 5.41) is 14.4. The summed E-state index contributed by atoms with van der Waals surface area (Å²) in [6.45, 7) is 6.64. The Morgan fingerprint density at radius 2 is 1.72 bits per heavy atom. The number of hydrogen-bond acceptors (Lipinski definition) is 5. The molecule has 1 aromatic heterocycles. The average Bonchev–Trinajstić information content (AvgIpc) is 3.53. The Kier molecular flexibility index (Phi) is 7.63. The van der Waals surface area contributed by atoms with Crippen LogP contribution in [0.3, 0.4) is 0 Å². The Morgan fingerprint density at radius 1 is 0.972 bits per heavy atom. The molecule has 1 N–H and O–H groups in total. The molecule has 0 saturated heterocycles. The molecule has 0 radical (unpaired) electrons. The Bertz CT molecular complexity index is 1150. The summed E-state index contributed by atoms with van der Waals surface area (Å²) in [5.74, 6) is 1.83. The van der Waals surface area contributed by atoms with Crippen molar-refractivity contribution in [3.63, 3.8) is 0 Å². The SMILES string of the molecule is CC(C)CCC1=C(F)N(CC2CCCCC2)CN1Cc1ccc(-c2ccccc2-c2nnn[nH]2)cc1. The van der Waals surface area contributed by atoms with Crippen molar-refractivity contribution in [2.24, 2.45) is 11.8 Å².